The second kappa shape index (κ2) is 10.6. The quantitative estimate of drug-likeness (QED) is 0.395. The number of aromatic nitrogens is 3. The Morgan fingerprint density at radius 1 is 0.946 bits per heavy atom. The van der Waals surface area contributed by atoms with Crippen LogP contribution in [0.5, 0.6) is 0 Å². The van der Waals surface area contributed by atoms with Gasteiger partial charge in [0.05, 0.1) is 48.0 Å². The van der Waals surface area contributed by atoms with Crippen molar-refractivity contribution < 1.29 is 17.9 Å². The van der Waals surface area contributed by atoms with Gasteiger partial charge in [-0.3, -0.25) is 14.6 Å². The van der Waals surface area contributed by atoms with Gasteiger partial charge < -0.3 is 10.1 Å². The number of ether oxygens (including phenoxy) is 1. The third-order valence-corrected chi connectivity index (χ3v) is 8.04. The highest BCUT2D eigenvalue weighted by Gasteiger charge is 2.26. The summed E-state index contributed by atoms with van der Waals surface area (Å²) in [6.45, 7) is 1.59. The number of sulfonamides is 1. The number of pyridine rings is 1. The summed E-state index contributed by atoms with van der Waals surface area (Å²) in [5.41, 5.74) is 1.29. The van der Waals surface area contributed by atoms with Gasteiger partial charge in [0.1, 0.15) is 0 Å². The van der Waals surface area contributed by atoms with Crippen molar-refractivity contribution in [2.45, 2.75) is 18.0 Å². The van der Waals surface area contributed by atoms with E-state index in [-0.39, 0.29) is 29.5 Å². The lowest BCUT2D eigenvalue weighted by molar-refractivity contribution is 0.0730. The highest BCUT2D eigenvalue weighted by atomic mass is 32.2. The Balaban J connectivity index is 1.35. The zero-order chi connectivity index (χ0) is 25.8. The molecule has 2 aromatic heterocycles. The van der Waals surface area contributed by atoms with Crippen LogP contribution in [0.25, 0.3) is 10.8 Å². The van der Waals surface area contributed by atoms with Crippen LogP contribution in [0.4, 0.5) is 0 Å². The normalized spacial score (nSPS) is 14.5. The maximum atomic E-state index is 13.0. The summed E-state index contributed by atoms with van der Waals surface area (Å²) in [6.07, 6.45) is 1.65. The number of hydrogen-bond donors (Lipinski definition) is 1. The highest BCUT2D eigenvalue weighted by molar-refractivity contribution is 7.89. The highest BCUT2D eigenvalue weighted by Crippen LogP contribution is 2.18. The van der Waals surface area contributed by atoms with Gasteiger partial charge in [-0.25, -0.2) is 13.1 Å². The summed E-state index contributed by atoms with van der Waals surface area (Å²) in [5.74, 6) is -0.385. The van der Waals surface area contributed by atoms with Crippen molar-refractivity contribution in [1.29, 1.82) is 0 Å². The molecule has 11 heteroatoms. The van der Waals surface area contributed by atoms with E-state index in [9.17, 15) is 18.0 Å². The van der Waals surface area contributed by atoms with Crippen LogP contribution in [-0.2, 0) is 27.8 Å². The van der Waals surface area contributed by atoms with Gasteiger partial charge in [0.2, 0.25) is 10.0 Å². The summed E-state index contributed by atoms with van der Waals surface area (Å²) in [4.78, 5) is 30.3. The van der Waals surface area contributed by atoms with Crippen molar-refractivity contribution in [2.24, 2.45) is 0 Å². The number of hydrogen-bond acceptors (Lipinski definition) is 7. The minimum atomic E-state index is -3.64. The average Bonchev–Trinajstić information content (AvgIpc) is 2.95. The van der Waals surface area contributed by atoms with Gasteiger partial charge in [0.25, 0.3) is 11.5 Å². The van der Waals surface area contributed by atoms with E-state index < -0.39 is 10.0 Å². The Morgan fingerprint density at radius 3 is 2.35 bits per heavy atom. The molecule has 5 rings (SSSR count). The molecule has 2 aromatic carbocycles. The number of nitrogens with zero attached hydrogens (tertiary/aromatic N) is 4. The molecular formula is C26H25N5O5S. The first-order chi connectivity index (χ1) is 17.9. The first-order valence-corrected chi connectivity index (χ1v) is 13.2. The Bertz CT molecular complexity index is 1580. The largest absolute Gasteiger partial charge is 0.379 e. The number of carbonyl (C=O) groups is 1. The van der Waals surface area contributed by atoms with Gasteiger partial charge in [0.15, 0.2) is 0 Å². The third kappa shape index (κ3) is 5.29. The van der Waals surface area contributed by atoms with E-state index in [1.54, 1.807) is 30.5 Å². The van der Waals surface area contributed by atoms with E-state index in [1.807, 2.05) is 18.2 Å². The van der Waals surface area contributed by atoms with Crippen molar-refractivity contribution in [2.75, 3.05) is 26.3 Å². The fourth-order valence-electron chi connectivity index (χ4n) is 4.17. The van der Waals surface area contributed by atoms with E-state index >= 15 is 0 Å². The predicted molar refractivity (Wildman–Crippen MR) is 137 cm³/mol. The van der Waals surface area contributed by atoms with Crippen LogP contribution in [0.3, 0.4) is 0 Å². The number of rotatable bonds is 7. The van der Waals surface area contributed by atoms with Crippen molar-refractivity contribution in [1.82, 2.24) is 24.4 Å². The zero-order valence-electron chi connectivity index (χ0n) is 19.9. The molecule has 3 heterocycles. The van der Waals surface area contributed by atoms with Crippen LogP contribution >= 0.6 is 0 Å². The van der Waals surface area contributed by atoms with E-state index in [4.69, 9.17) is 4.74 Å². The summed E-state index contributed by atoms with van der Waals surface area (Å²) < 4.78 is 33.6. The summed E-state index contributed by atoms with van der Waals surface area (Å²) in [6, 6.07) is 18.4. The zero-order valence-corrected chi connectivity index (χ0v) is 20.7. The van der Waals surface area contributed by atoms with Crippen LogP contribution in [0.15, 0.2) is 82.6 Å². The Hall–Kier alpha value is -3.93. The number of benzene rings is 2. The molecule has 1 amide bonds. The fourth-order valence-corrected chi connectivity index (χ4v) is 5.58. The van der Waals surface area contributed by atoms with Gasteiger partial charge in [-0.2, -0.15) is 9.40 Å². The van der Waals surface area contributed by atoms with Crippen LogP contribution < -0.4 is 10.9 Å². The van der Waals surface area contributed by atoms with E-state index in [0.29, 0.717) is 54.0 Å². The first kappa shape index (κ1) is 24.8. The number of fused-ring (bicyclic) bond motifs is 1. The summed E-state index contributed by atoms with van der Waals surface area (Å²) in [5, 5.41) is 8.49. The maximum Gasteiger partial charge on any atom is 0.275 e. The topological polar surface area (TPSA) is 123 Å². The molecule has 1 aliphatic rings. The van der Waals surface area contributed by atoms with Crippen LogP contribution in [0.2, 0.25) is 0 Å². The first-order valence-electron chi connectivity index (χ1n) is 11.8. The number of carbonyl (C=O) groups excluding carboxylic acids is 1. The minimum absolute atomic E-state index is 0.0790. The molecule has 0 spiro atoms. The Labute approximate surface area is 213 Å². The molecule has 1 saturated heterocycles. The number of nitrogens with one attached hydrogen (secondary N) is 1. The van der Waals surface area contributed by atoms with Crippen LogP contribution in [0, 0.1) is 0 Å². The standard InChI is InChI=1S/C26H25N5O5S/c32-25(19-8-10-21(11-9-19)37(34,35)30-13-15-36-16-14-30)28-17-24-22-6-1-2-7-23(22)26(33)31(29-24)18-20-5-3-4-12-27-20/h1-12H,13-18H2,(H,28,32). The molecule has 37 heavy (non-hydrogen) atoms. The molecule has 0 saturated carbocycles. The molecule has 0 atom stereocenters. The monoisotopic (exact) mass is 519 g/mol. The molecule has 1 aliphatic heterocycles. The summed E-state index contributed by atoms with van der Waals surface area (Å²) in [7, 11) is -3.64. The lowest BCUT2D eigenvalue weighted by Crippen LogP contribution is -2.40. The lowest BCUT2D eigenvalue weighted by atomic mass is 10.1. The molecule has 4 aromatic rings. The van der Waals surface area contributed by atoms with E-state index in [2.05, 4.69) is 15.4 Å². The van der Waals surface area contributed by atoms with Gasteiger partial charge >= 0.3 is 0 Å². The number of amides is 1. The fraction of sp³-hybridized carbons (Fsp3) is 0.231. The van der Waals surface area contributed by atoms with Crippen molar-refractivity contribution in [3.63, 3.8) is 0 Å². The SMILES string of the molecule is O=C(NCc1nn(Cc2ccccn2)c(=O)c2ccccc12)c1ccc(S(=O)(=O)N2CCOCC2)cc1. The van der Waals surface area contributed by atoms with E-state index in [0.717, 1.165) is 0 Å². The lowest BCUT2D eigenvalue weighted by Gasteiger charge is -2.26. The maximum absolute atomic E-state index is 13.0. The minimum Gasteiger partial charge on any atom is -0.379 e. The molecule has 0 bridgehead atoms. The van der Waals surface area contributed by atoms with Crippen molar-refractivity contribution in [3.8, 4) is 0 Å². The average molecular weight is 520 g/mol. The molecular weight excluding hydrogens is 494 g/mol. The van der Waals surface area contributed by atoms with Crippen LogP contribution in [-0.4, -0.2) is 59.7 Å². The molecule has 10 nitrogen and oxygen atoms in total. The van der Waals surface area contributed by atoms with E-state index in [1.165, 1.54) is 33.3 Å². The van der Waals surface area contributed by atoms with Crippen LogP contribution in [0.1, 0.15) is 21.7 Å². The van der Waals surface area contributed by atoms with Gasteiger partial charge in [-0.05, 0) is 42.5 Å². The molecule has 1 fully saturated rings. The molecule has 1 N–H and O–H groups in total. The van der Waals surface area contributed by atoms with Gasteiger partial charge in [0, 0.05) is 30.2 Å². The molecule has 0 aliphatic carbocycles. The van der Waals surface area contributed by atoms with Crippen molar-refractivity contribution >= 4 is 26.7 Å². The predicted octanol–water partition coefficient (Wildman–Crippen LogP) is 1.79. The molecule has 0 radical (unpaired) electrons. The second-order valence-electron chi connectivity index (χ2n) is 8.50. The second-order valence-corrected chi connectivity index (χ2v) is 10.4. The summed E-state index contributed by atoms with van der Waals surface area (Å²) >= 11 is 0. The van der Waals surface area contributed by atoms with Crippen molar-refractivity contribution in [3.05, 3.63) is 100 Å². The Kier molecular flexibility index (Phi) is 7.08. The van der Waals surface area contributed by atoms with Gasteiger partial charge in [-0.15, -0.1) is 0 Å². The smallest absolute Gasteiger partial charge is 0.275 e. The van der Waals surface area contributed by atoms with Gasteiger partial charge in [-0.1, -0.05) is 24.3 Å². The molecule has 0 unspecified atom stereocenters. The Morgan fingerprint density at radius 2 is 1.65 bits per heavy atom. The number of morpholine rings is 1. The third-order valence-electron chi connectivity index (χ3n) is 6.12. The molecule has 190 valence electrons.